The van der Waals surface area contributed by atoms with Crippen LogP contribution in [0.4, 0.5) is 10.7 Å². The molecule has 2 N–H and O–H groups in total. The van der Waals surface area contributed by atoms with Gasteiger partial charge in [-0.1, -0.05) is 44.2 Å². The second kappa shape index (κ2) is 11.1. The zero-order valence-electron chi connectivity index (χ0n) is 21.3. The van der Waals surface area contributed by atoms with Crippen LogP contribution in [0.15, 0.2) is 47.3 Å². The van der Waals surface area contributed by atoms with Crippen molar-refractivity contribution in [1.82, 2.24) is 14.6 Å². The van der Waals surface area contributed by atoms with Gasteiger partial charge >= 0.3 is 0 Å². The molecule has 0 amide bonds. The summed E-state index contributed by atoms with van der Waals surface area (Å²) in [7, 11) is 0. The lowest BCUT2D eigenvalue weighted by Crippen LogP contribution is -2.43. The van der Waals surface area contributed by atoms with Gasteiger partial charge in [0.05, 0.1) is 11.3 Å². The van der Waals surface area contributed by atoms with Crippen molar-refractivity contribution < 1.29 is 4.79 Å². The van der Waals surface area contributed by atoms with Gasteiger partial charge in [-0.15, -0.1) is 0 Å². The molecule has 1 saturated carbocycles. The number of hydrogen-bond donors (Lipinski definition) is 2. The van der Waals surface area contributed by atoms with Crippen molar-refractivity contribution in [2.24, 2.45) is 0 Å². The smallest absolute Gasteiger partial charge is 0.263 e. The van der Waals surface area contributed by atoms with Gasteiger partial charge in [0.25, 0.3) is 5.56 Å². The number of ketones is 1. The largest absolute Gasteiger partial charge is 0.328 e. The highest BCUT2D eigenvalue weighted by molar-refractivity contribution is 7.10. The van der Waals surface area contributed by atoms with Crippen molar-refractivity contribution in [3.63, 3.8) is 0 Å². The summed E-state index contributed by atoms with van der Waals surface area (Å²) >= 11 is 1.36. The lowest BCUT2D eigenvalue weighted by molar-refractivity contribution is 0.0994. The van der Waals surface area contributed by atoms with E-state index >= 15 is 0 Å². The molecule has 2 fully saturated rings. The fourth-order valence-corrected chi connectivity index (χ4v) is 6.17. The minimum Gasteiger partial charge on any atom is -0.328 e. The lowest BCUT2D eigenvalue weighted by atomic mass is 9.97. The molecular formula is C29H36N4O2S. The van der Waals surface area contributed by atoms with Gasteiger partial charge in [-0.2, -0.15) is 0 Å². The number of piperazine rings is 1. The normalized spacial score (nSPS) is 17.6. The summed E-state index contributed by atoms with van der Waals surface area (Å²) in [5.74, 6) is 0.0245. The van der Waals surface area contributed by atoms with Gasteiger partial charge in [-0.25, -0.2) is 0 Å². The van der Waals surface area contributed by atoms with Crippen molar-refractivity contribution in [2.75, 3.05) is 37.6 Å². The van der Waals surface area contributed by atoms with Crippen molar-refractivity contribution in [1.29, 1.82) is 0 Å². The number of aryl methyl sites for hydroxylation is 1. The van der Waals surface area contributed by atoms with Crippen LogP contribution >= 0.6 is 11.5 Å². The third kappa shape index (κ3) is 5.19. The van der Waals surface area contributed by atoms with E-state index in [1.807, 2.05) is 19.9 Å². The molecule has 1 aliphatic carbocycles. The van der Waals surface area contributed by atoms with Gasteiger partial charge in [0.15, 0.2) is 5.78 Å². The molecule has 0 unspecified atom stereocenters. The van der Waals surface area contributed by atoms with Crippen LogP contribution in [-0.4, -0.2) is 53.8 Å². The van der Waals surface area contributed by atoms with E-state index < -0.39 is 0 Å². The minimum atomic E-state index is -0.124. The Bertz CT molecular complexity index is 1270. The van der Waals surface area contributed by atoms with E-state index in [1.54, 1.807) is 0 Å². The fraction of sp³-hybridized carbons (Fsp3) is 0.448. The number of aromatic nitrogens is 1. The quantitative estimate of drug-likeness (QED) is 0.494. The molecule has 1 aromatic heterocycles. The summed E-state index contributed by atoms with van der Waals surface area (Å²) in [4.78, 5) is 30.3. The predicted octanol–water partition coefficient (Wildman–Crippen LogP) is 5.01. The highest BCUT2D eigenvalue weighted by atomic mass is 32.1. The van der Waals surface area contributed by atoms with Gasteiger partial charge in [-0.05, 0) is 72.6 Å². The van der Waals surface area contributed by atoms with Gasteiger partial charge in [0.2, 0.25) is 0 Å². The lowest BCUT2D eigenvalue weighted by Gasteiger charge is -2.27. The van der Waals surface area contributed by atoms with Crippen molar-refractivity contribution >= 4 is 28.0 Å². The van der Waals surface area contributed by atoms with Crippen LogP contribution in [-0.2, 0) is 12.8 Å². The number of nitrogens with zero attached hydrogens (tertiary/aromatic N) is 2. The highest BCUT2D eigenvalue weighted by Crippen LogP contribution is 2.45. The van der Waals surface area contributed by atoms with Crippen molar-refractivity contribution in [3.05, 3.63) is 69.5 Å². The van der Waals surface area contributed by atoms with Crippen LogP contribution in [0.3, 0.4) is 0 Å². The molecule has 6 rings (SSSR count). The molecule has 7 heteroatoms. The molecule has 190 valence electrons. The van der Waals surface area contributed by atoms with Crippen LogP contribution in [0.5, 0.6) is 0 Å². The second-order valence-corrected chi connectivity index (χ2v) is 10.4. The molecule has 36 heavy (non-hydrogen) atoms. The first-order valence-corrected chi connectivity index (χ1v) is 14.2. The Morgan fingerprint density at radius 2 is 1.78 bits per heavy atom. The maximum absolute atomic E-state index is 13.1. The summed E-state index contributed by atoms with van der Waals surface area (Å²) in [6.45, 7) is 9.61. The SMILES string of the molecule is CC.O=C1Cc2c(s[nH]c2=O)N(C2CC2)c2cc(-c3cccc(CCCN4CCNCC4)c3)ccc21. The number of Topliss-reactive ketones (excluding diaryl/α,β-unsaturated/α-hetero) is 1. The third-order valence-electron chi connectivity index (χ3n) is 7.21. The van der Waals surface area contributed by atoms with Gasteiger partial charge in [0.1, 0.15) is 5.00 Å². The summed E-state index contributed by atoms with van der Waals surface area (Å²) < 4.78 is 2.85. The number of nitrogens with one attached hydrogen (secondary N) is 2. The number of rotatable bonds is 6. The Kier molecular flexibility index (Phi) is 7.70. The van der Waals surface area contributed by atoms with Crippen molar-refractivity contribution in [3.8, 4) is 11.1 Å². The molecule has 3 aromatic rings. The summed E-state index contributed by atoms with van der Waals surface area (Å²) in [6.07, 6.45) is 4.58. The standard InChI is InChI=1S/C27H30N4O2S.C2H6/c32-25-17-23-26(33)29-34-27(23)31(21-7-8-21)24-16-20(6-9-22(24)25)19-5-1-3-18(15-19)4-2-12-30-13-10-28-11-14-30;1-2/h1,3,5-6,9,15-16,21,28H,2,4,7-8,10-14,17H2,(H,29,33);1-2H3. The average molecular weight is 505 g/mol. The summed E-state index contributed by atoms with van der Waals surface area (Å²) in [5.41, 5.74) is 5.81. The molecule has 0 bridgehead atoms. The Labute approximate surface area is 217 Å². The molecule has 0 radical (unpaired) electrons. The maximum atomic E-state index is 13.1. The molecule has 6 nitrogen and oxygen atoms in total. The average Bonchev–Trinajstić information content (AvgIpc) is 3.71. The van der Waals surface area contributed by atoms with E-state index in [-0.39, 0.29) is 17.8 Å². The Morgan fingerprint density at radius 1 is 1.00 bits per heavy atom. The molecule has 2 aromatic carbocycles. The Morgan fingerprint density at radius 3 is 2.56 bits per heavy atom. The molecule has 2 aliphatic heterocycles. The third-order valence-corrected chi connectivity index (χ3v) is 8.13. The van der Waals surface area contributed by atoms with Gasteiger partial charge in [0, 0.05) is 44.2 Å². The monoisotopic (exact) mass is 504 g/mol. The molecule has 0 spiro atoms. The topological polar surface area (TPSA) is 68.4 Å². The Balaban J connectivity index is 0.00000130. The predicted molar refractivity (Wildman–Crippen MR) is 149 cm³/mol. The zero-order valence-corrected chi connectivity index (χ0v) is 22.1. The van der Waals surface area contributed by atoms with E-state index in [0.29, 0.717) is 11.6 Å². The van der Waals surface area contributed by atoms with Crippen LogP contribution in [0.25, 0.3) is 11.1 Å². The number of aromatic amines is 1. The van der Waals surface area contributed by atoms with Crippen LogP contribution in [0.2, 0.25) is 0 Å². The van der Waals surface area contributed by atoms with E-state index in [0.717, 1.165) is 80.2 Å². The number of carbonyl (C=O) groups is 1. The minimum absolute atomic E-state index is 0.0245. The van der Waals surface area contributed by atoms with Crippen molar-refractivity contribution in [2.45, 2.75) is 52.0 Å². The zero-order chi connectivity index (χ0) is 25.1. The van der Waals surface area contributed by atoms with E-state index in [9.17, 15) is 9.59 Å². The highest BCUT2D eigenvalue weighted by Gasteiger charge is 2.38. The van der Waals surface area contributed by atoms with Crippen LogP contribution in [0, 0.1) is 0 Å². The molecule has 0 atom stereocenters. The maximum Gasteiger partial charge on any atom is 0.263 e. The number of hydrogen-bond acceptors (Lipinski definition) is 6. The first-order valence-electron chi connectivity index (χ1n) is 13.4. The second-order valence-electron chi connectivity index (χ2n) is 9.65. The first-order chi connectivity index (χ1) is 17.7. The molecule has 3 aliphatic rings. The molecule has 1 saturated heterocycles. The van der Waals surface area contributed by atoms with E-state index in [4.69, 9.17) is 0 Å². The Hall–Kier alpha value is -2.74. The summed E-state index contributed by atoms with van der Waals surface area (Å²) in [6, 6.07) is 15.3. The van der Waals surface area contributed by atoms with Gasteiger partial charge in [-0.3, -0.25) is 14.0 Å². The number of benzene rings is 2. The number of anilines is 2. The summed E-state index contributed by atoms with van der Waals surface area (Å²) in [5, 5.41) is 4.33. The first kappa shape index (κ1) is 24.9. The molecule has 3 heterocycles. The van der Waals surface area contributed by atoms with E-state index in [2.05, 4.69) is 55.9 Å². The van der Waals surface area contributed by atoms with Crippen LogP contribution < -0.4 is 15.8 Å². The van der Waals surface area contributed by atoms with Gasteiger partial charge < -0.3 is 15.1 Å². The fourth-order valence-electron chi connectivity index (χ4n) is 5.22. The number of carbonyl (C=O) groups excluding carboxylic acids is 1. The van der Waals surface area contributed by atoms with E-state index in [1.165, 1.54) is 22.7 Å². The molecular weight excluding hydrogens is 468 g/mol. The van der Waals surface area contributed by atoms with Crippen LogP contribution in [0.1, 0.15) is 54.6 Å². The number of H-pyrrole nitrogens is 1. The number of fused-ring (bicyclic) bond motifs is 2.